The summed E-state index contributed by atoms with van der Waals surface area (Å²) < 4.78 is 0.948. The number of pyridine rings is 1. The van der Waals surface area contributed by atoms with Crippen molar-refractivity contribution < 1.29 is 0 Å². The van der Waals surface area contributed by atoms with E-state index in [1.54, 1.807) is 0 Å². The summed E-state index contributed by atoms with van der Waals surface area (Å²) in [5, 5.41) is 3.38. The Balaban J connectivity index is 1.95. The molecular formula is C11H15BrN2. The van der Waals surface area contributed by atoms with Gasteiger partial charge in [0.15, 0.2) is 0 Å². The Morgan fingerprint density at radius 3 is 2.86 bits per heavy atom. The molecule has 0 spiro atoms. The van der Waals surface area contributed by atoms with Gasteiger partial charge >= 0.3 is 0 Å². The zero-order valence-corrected chi connectivity index (χ0v) is 9.76. The molecule has 1 aromatic heterocycles. The second-order valence-electron chi connectivity index (χ2n) is 3.85. The van der Waals surface area contributed by atoms with Gasteiger partial charge in [0, 0.05) is 5.69 Å². The molecule has 3 heteroatoms. The van der Waals surface area contributed by atoms with Crippen LogP contribution >= 0.6 is 15.9 Å². The van der Waals surface area contributed by atoms with Gasteiger partial charge in [0.1, 0.15) is 4.60 Å². The molecule has 14 heavy (non-hydrogen) atoms. The zero-order chi connectivity index (χ0) is 9.80. The summed E-state index contributed by atoms with van der Waals surface area (Å²) >= 11 is 3.40. The van der Waals surface area contributed by atoms with E-state index >= 15 is 0 Å². The van der Waals surface area contributed by atoms with E-state index in [1.807, 2.05) is 6.07 Å². The summed E-state index contributed by atoms with van der Waals surface area (Å²) in [6.45, 7) is 2.33. The molecule has 1 saturated heterocycles. The van der Waals surface area contributed by atoms with Crippen molar-refractivity contribution in [3.05, 3.63) is 28.5 Å². The van der Waals surface area contributed by atoms with Crippen LogP contribution in [-0.2, 0) is 6.42 Å². The molecule has 2 heterocycles. The second kappa shape index (κ2) is 4.89. The van der Waals surface area contributed by atoms with E-state index < -0.39 is 0 Å². The molecule has 2 nitrogen and oxygen atoms in total. The molecule has 76 valence electrons. The monoisotopic (exact) mass is 254 g/mol. The van der Waals surface area contributed by atoms with Gasteiger partial charge in [-0.15, -0.1) is 0 Å². The predicted molar refractivity (Wildman–Crippen MR) is 61.2 cm³/mol. The van der Waals surface area contributed by atoms with Crippen LogP contribution in [0.25, 0.3) is 0 Å². The molecule has 0 aromatic carbocycles. The highest BCUT2D eigenvalue weighted by molar-refractivity contribution is 9.10. The minimum atomic E-state index is 0.818. The van der Waals surface area contributed by atoms with E-state index in [-0.39, 0.29) is 0 Å². The number of nitrogens with one attached hydrogen (secondary N) is 1. The third kappa shape index (κ3) is 2.79. The molecule has 0 radical (unpaired) electrons. The van der Waals surface area contributed by atoms with E-state index in [2.05, 4.69) is 38.4 Å². The maximum Gasteiger partial charge on any atom is 0.106 e. The highest BCUT2D eigenvalue weighted by atomic mass is 79.9. The van der Waals surface area contributed by atoms with Gasteiger partial charge in [-0.25, -0.2) is 4.98 Å². The molecule has 0 aliphatic carbocycles. The molecule has 1 aliphatic heterocycles. The van der Waals surface area contributed by atoms with E-state index in [9.17, 15) is 0 Å². The molecule has 1 fully saturated rings. The normalized spacial score (nSPS) is 18.4. The molecule has 0 unspecified atom stereocenters. The average molecular weight is 255 g/mol. The molecule has 2 rings (SSSR count). The van der Waals surface area contributed by atoms with Crippen LogP contribution in [0.2, 0.25) is 0 Å². The molecule has 0 amide bonds. The minimum absolute atomic E-state index is 0.818. The van der Waals surface area contributed by atoms with Gasteiger partial charge in [-0.1, -0.05) is 6.07 Å². The van der Waals surface area contributed by atoms with Crippen molar-refractivity contribution in [1.29, 1.82) is 0 Å². The van der Waals surface area contributed by atoms with Crippen LogP contribution < -0.4 is 5.32 Å². The van der Waals surface area contributed by atoms with Crippen LogP contribution in [0.15, 0.2) is 22.8 Å². The number of aromatic nitrogens is 1. The van der Waals surface area contributed by atoms with Crippen molar-refractivity contribution >= 4 is 15.9 Å². The first-order valence-electron chi connectivity index (χ1n) is 5.17. The maximum atomic E-state index is 4.46. The standard InChI is InChI=1S/C11H15BrN2/c12-11-3-1-2-10(14-11)8-9-4-6-13-7-5-9/h1-3,9,13H,4-8H2. The molecular weight excluding hydrogens is 240 g/mol. The van der Waals surface area contributed by atoms with Crippen molar-refractivity contribution in [2.24, 2.45) is 5.92 Å². The molecule has 0 saturated carbocycles. The van der Waals surface area contributed by atoms with Gasteiger partial charge in [0.25, 0.3) is 0 Å². The Morgan fingerprint density at radius 2 is 2.14 bits per heavy atom. The van der Waals surface area contributed by atoms with E-state index in [0.717, 1.165) is 16.9 Å². The third-order valence-electron chi connectivity index (χ3n) is 2.73. The van der Waals surface area contributed by atoms with Crippen molar-refractivity contribution in [3.8, 4) is 0 Å². The first-order valence-corrected chi connectivity index (χ1v) is 5.96. The van der Waals surface area contributed by atoms with Gasteiger partial charge in [-0.2, -0.15) is 0 Å². The Kier molecular flexibility index (Phi) is 3.54. The fourth-order valence-electron chi connectivity index (χ4n) is 1.95. The number of rotatable bonds is 2. The first-order chi connectivity index (χ1) is 6.84. The minimum Gasteiger partial charge on any atom is -0.317 e. The number of nitrogens with zero attached hydrogens (tertiary/aromatic N) is 1. The van der Waals surface area contributed by atoms with Gasteiger partial charge in [0.2, 0.25) is 0 Å². The molecule has 1 aromatic rings. The summed E-state index contributed by atoms with van der Waals surface area (Å²) in [5.74, 6) is 0.818. The van der Waals surface area contributed by atoms with Crippen LogP contribution in [0.5, 0.6) is 0 Å². The van der Waals surface area contributed by atoms with Crippen LogP contribution in [0.4, 0.5) is 0 Å². The largest absolute Gasteiger partial charge is 0.317 e. The van der Waals surface area contributed by atoms with Crippen LogP contribution in [-0.4, -0.2) is 18.1 Å². The van der Waals surface area contributed by atoms with Gasteiger partial charge in [-0.05, 0) is 66.3 Å². The fraction of sp³-hybridized carbons (Fsp3) is 0.545. The average Bonchev–Trinajstić information content (AvgIpc) is 2.19. The second-order valence-corrected chi connectivity index (χ2v) is 4.66. The summed E-state index contributed by atoms with van der Waals surface area (Å²) in [5.41, 5.74) is 1.21. The lowest BCUT2D eigenvalue weighted by atomic mass is 9.93. The maximum absolute atomic E-state index is 4.46. The Bertz CT molecular complexity index is 295. The SMILES string of the molecule is Brc1cccc(CC2CCNCC2)n1. The van der Waals surface area contributed by atoms with E-state index in [4.69, 9.17) is 0 Å². The van der Waals surface area contributed by atoms with Gasteiger partial charge < -0.3 is 5.32 Å². The lowest BCUT2D eigenvalue weighted by Crippen LogP contribution is -2.28. The Labute approximate surface area is 93.3 Å². The molecule has 1 N–H and O–H groups in total. The van der Waals surface area contributed by atoms with Crippen molar-refractivity contribution in [2.75, 3.05) is 13.1 Å². The van der Waals surface area contributed by atoms with Crippen LogP contribution in [0.3, 0.4) is 0 Å². The zero-order valence-electron chi connectivity index (χ0n) is 8.17. The summed E-state index contributed by atoms with van der Waals surface area (Å²) in [4.78, 5) is 4.46. The highest BCUT2D eigenvalue weighted by Gasteiger charge is 2.13. The molecule has 1 aliphatic rings. The molecule has 0 bridgehead atoms. The van der Waals surface area contributed by atoms with Gasteiger partial charge in [-0.3, -0.25) is 0 Å². The fourth-order valence-corrected chi connectivity index (χ4v) is 2.33. The Hall–Kier alpha value is -0.410. The lowest BCUT2D eigenvalue weighted by Gasteiger charge is -2.22. The summed E-state index contributed by atoms with van der Waals surface area (Å²) in [7, 11) is 0. The quantitative estimate of drug-likeness (QED) is 0.821. The lowest BCUT2D eigenvalue weighted by molar-refractivity contribution is 0.370. The van der Waals surface area contributed by atoms with E-state index in [1.165, 1.54) is 31.6 Å². The van der Waals surface area contributed by atoms with Crippen LogP contribution in [0.1, 0.15) is 18.5 Å². The third-order valence-corrected chi connectivity index (χ3v) is 3.17. The first kappa shape index (κ1) is 10.1. The van der Waals surface area contributed by atoms with Crippen molar-refractivity contribution in [3.63, 3.8) is 0 Å². The topological polar surface area (TPSA) is 24.9 Å². The Morgan fingerprint density at radius 1 is 1.36 bits per heavy atom. The summed E-state index contributed by atoms with van der Waals surface area (Å²) in [6, 6.07) is 6.16. The highest BCUT2D eigenvalue weighted by Crippen LogP contribution is 2.17. The number of piperidine rings is 1. The van der Waals surface area contributed by atoms with Crippen LogP contribution in [0, 0.1) is 5.92 Å². The smallest absolute Gasteiger partial charge is 0.106 e. The van der Waals surface area contributed by atoms with E-state index in [0.29, 0.717) is 0 Å². The van der Waals surface area contributed by atoms with Gasteiger partial charge in [0.05, 0.1) is 0 Å². The van der Waals surface area contributed by atoms with Crippen molar-refractivity contribution in [1.82, 2.24) is 10.3 Å². The molecule has 0 atom stereocenters. The summed E-state index contributed by atoms with van der Waals surface area (Å²) in [6.07, 6.45) is 3.70. The predicted octanol–water partition coefficient (Wildman–Crippen LogP) is 2.39. The number of hydrogen-bond acceptors (Lipinski definition) is 2. The number of halogens is 1. The van der Waals surface area contributed by atoms with Crippen molar-refractivity contribution in [2.45, 2.75) is 19.3 Å². The number of hydrogen-bond donors (Lipinski definition) is 1.